The van der Waals surface area contributed by atoms with Crippen LogP contribution < -0.4 is 9.47 Å². The maximum atomic E-state index is 12.9. The fourth-order valence-electron chi connectivity index (χ4n) is 3.56. The van der Waals surface area contributed by atoms with Crippen LogP contribution in [0.3, 0.4) is 0 Å². The molecule has 0 N–H and O–H groups in total. The zero-order valence-corrected chi connectivity index (χ0v) is 16.6. The average molecular weight is 408 g/mol. The zero-order valence-electron chi connectivity index (χ0n) is 15.8. The predicted molar refractivity (Wildman–Crippen MR) is 101 cm³/mol. The van der Waals surface area contributed by atoms with Gasteiger partial charge in [0.1, 0.15) is 0 Å². The van der Waals surface area contributed by atoms with Crippen LogP contribution in [-0.4, -0.2) is 69.7 Å². The summed E-state index contributed by atoms with van der Waals surface area (Å²) in [4.78, 5) is 14.5. The summed E-state index contributed by atoms with van der Waals surface area (Å²) in [5.41, 5.74) is 0.423. The molecule has 9 heteroatoms. The Kier molecular flexibility index (Phi) is 6.42. The number of carbonyl (C=O) groups excluding carboxylic acids is 1. The number of nitriles is 1. The second kappa shape index (κ2) is 8.80. The van der Waals surface area contributed by atoms with Gasteiger partial charge in [0, 0.05) is 25.3 Å². The number of hydrogen-bond donors (Lipinski definition) is 0. The third-order valence-electron chi connectivity index (χ3n) is 5.04. The van der Waals surface area contributed by atoms with Gasteiger partial charge >= 0.3 is 0 Å². The lowest BCUT2D eigenvalue weighted by Crippen LogP contribution is -2.47. The van der Waals surface area contributed by atoms with Gasteiger partial charge in [0.05, 0.1) is 36.4 Å². The molecule has 0 radical (unpaired) electrons. The topological polar surface area (TPSA) is 106 Å². The van der Waals surface area contributed by atoms with Crippen molar-refractivity contribution >= 4 is 15.7 Å². The molecule has 1 aromatic carbocycles. The second-order valence-electron chi connectivity index (χ2n) is 7.00. The van der Waals surface area contributed by atoms with Crippen LogP contribution in [0.15, 0.2) is 18.2 Å². The quantitative estimate of drug-likeness (QED) is 0.666. The van der Waals surface area contributed by atoms with Crippen LogP contribution in [0.4, 0.5) is 0 Å². The molecule has 1 aromatic rings. The van der Waals surface area contributed by atoms with Crippen LogP contribution in [0.2, 0.25) is 0 Å². The Morgan fingerprint density at radius 2 is 2.18 bits per heavy atom. The lowest BCUT2D eigenvalue weighted by atomic mass is 10.1. The molecule has 1 amide bonds. The van der Waals surface area contributed by atoms with E-state index in [4.69, 9.17) is 19.5 Å². The summed E-state index contributed by atoms with van der Waals surface area (Å²) in [7, 11) is -1.66. The summed E-state index contributed by atoms with van der Waals surface area (Å²) in [6, 6.07) is 6.36. The molecule has 2 saturated heterocycles. The van der Waals surface area contributed by atoms with Crippen LogP contribution >= 0.6 is 0 Å². The molecular formula is C19H24N2O6S. The fraction of sp³-hybridized carbons (Fsp3) is 0.579. The van der Waals surface area contributed by atoms with Gasteiger partial charge in [-0.15, -0.1) is 0 Å². The molecule has 0 unspecified atom stereocenters. The Bertz CT molecular complexity index is 858. The molecule has 0 spiro atoms. The van der Waals surface area contributed by atoms with Gasteiger partial charge in [-0.3, -0.25) is 4.79 Å². The third-order valence-corrected chi connectivity index (χ3v) is 6.79. The molecule has 2 aliphatic rings. The summed E-state index contributed by atoms with van der Waals surface area (Å²) >= 11 is 0. The van der Waals surface area contributed by atoms with Crippen molar-refractivity contribution in [2.75, 3.05) is 38.4 Å². The number of hydrogen-bond acceptors (Lipinski definition) is 7. The molecule has 0 saturated carbocycles. The van der Waals surface area contributed by atoms with Gasteiger partial charge in [-0.2, -0.15) is 5.26 Å². The van der Waals surface area contributed by atoms with Crippen LogP contribution in [-0.2, 0) is 19.4 Å². The lowest BCUT2D eigenvalue weighted by molar-refractivity contribution is -0.137. The van der Waals surface area contributed by atoms with Crippen molar-refractivity contribution < 1.29 is 27.4 Å². The minimum absolute atomic E-state index is 0.0222. The number of benzene rings is 1. The fourth-order valence-corrected chi connectivity index (χ4v) is 5.29. The summed E-state index contributed by atoms with van der Waals surface area (Å²) in [5, 5.41) is 8.97. The first-order valence-corrected chi connectivity index (χ1v) is 11.1. The second-order valence-corrected chi connectivity index (χ2v) is 9.23. The Labute approximate surface area is 164 Å². The Morgan fingerprint density at radius 1 is 1.36 bits per heavy atom. The number of amides is 1. The van der Waals surface area contributed by atoms with E-state index in [9.17, 15) is 13.2 Å². The number of sulfone groups is 1. The summed E-state index contributed by atoms with van der Waals surface area (Å²) in [6.07, 6.45) is 2.15. The molecule has 0 bridgehead atoms. The Hall–Kier alpha value is -2.31. The van der Waals surface area contributed by atoms with Crippen LogP contribution in [0.5, 0.6) is 11.5 Å². The maximum absolute atomic E-state index is 12.9. The molecule has 0 aromatic heterocycles. The van der Waals surface area contributed by atoms with Gasteiger partial charge in [0.15, 0.2) is 27.9 Å². The first kappa shape index (κ1) is 20.4. The zero-order chi connectivity index (χ0) is 20.1. The first-order valence-electron chi connectivity index (χ1n) is 9.24. The van der Waals surface area contributed by atoms with Crippen molar-refractivity contribution in [1.29, 1.82) is 5.26 Å². The largest absolute Gasteiger partial charge is 0.493 e. The van der Waals surface area contributed by atoms with Crippen molar-refractivity contribution in [2.24, 2.45) is 0 Å². The first-order chi connectivity index (χ1) is 13.4. The van der Waals surface area contributed by atoms with Gasteiger partial charge < -0.3 is 19.1 Å². The van der Waals surface area contributed by atoms with E-state index < -0.39 is 9.84 Å². The van der Waals surface area contributed by atoms with Gasteiger partial charge in [-0.05, 0) is 31.4 Å². The smallest absolute Gasteiger partial charge is 0.260 e. The highest BCUT2D eigenvalue weighted by atomic mass is 32.2. The minimum atomic E-state index is -3.12. The van der Waals surface area contributed by atoms with E-state index in [0.29, 0.717) is 36.6 Å². The minimum Gasteiger partial charge on any atom is -0.493 e. The van der Waals surface area contributed by atoms with Gasteiger partial charge in [-0.1, -0.05) is 0 Å². The highest BCUT2D eigenvalue weighted by Crippen LogP contribution is 2.28. The highest BCUT2D eigenvalue weighted by Gasteiger charge is 2.36. The number of nitrogens with zero attached hydrogens (tertiary/aromatic N) is 2. The average Bonchev–Trinajstić information content (AvgIpc) is 3.33. The lowest BCUT2D eigenvalue weighted by Gasteiger charge is -2.30. The molecule has 0 aliphatic carbocycles. The van der Waals surface area contributed by atoms with Crippen LogP contribution in [0.1, 0.15) is 24.8 Å². The van der Waals surface area contributed by atoms with Crippen molar-refractivity contribution in [1.82, 2.24) is 4.90 Å². The summed E-state index contributed by atoms with van der Waals surface area (Å²) in [5.74, 6) is 0.499. The van der Waals surface area contributed by atoms with E-state index in [1.807, 2.05) is 6.07 Å². The SMILES string of the molecule is COc1cc(C#N)ccc1OCC(=O)N(C[C@H]1CCCO1)[C@@H]1CCS(=O)(=O)C1. The predicted octanol–water partition coefficient (Wildman–Crippen LogP) is 1.14. The molecule has 2 heterocycles. The van der Waals surface area contributed by atoms with Crippen molar-refractivity contribution in [3.05, 3.63) is 23.8 Å². The summed E-state index contributed by atoms with van der Waals surface area (Å²) < 4.78 is 40.3. The monoisotopic (exact) mass is 408 g/mol. The van der Waals surface area contributed by atoms with Crippen molar-refractivity contribution in [3.8, 4) is 17.6 Å². The molecule has 152 valence electrons. The molecule has 3 rings (SSSR count). The summed E-state index contributed by atoms with van der Waals surface area (Å²) in [6.45, 7) is 0.785. The normalized spacial score (nSPS) is 23.1. The Morgan fingerprint density at radius 3 is 2.79 bits per heavy atom. The molecule has 28 heavy (non-hydrogen) atoms. The van der Waals surface area contributed by atoms with Crippen molar-refractivity contribution in [3.63, 3.8) is 0 Å². The van der Waals surface area contributed by atoms with Crippen LogP contribution in [0.25, 0.3) is 0 Å². The van der Waals surface area contributed by atoms with E-state index in [2.05, 4.69) is 0 Å². The molecule has 2 aliphatic heterocycles. The van der Waals surface area contributed by atoms with E-state index in [1.54, 1.807) is 17.0 Å². The van der Waals surface area contributed by atoms with Gasteiger partial charge in [0.2, 0.25) is 0 Å². The van der Waals surface area contributed by atoms with E-state index in [0.717, 1.165) is 12.8 Å². The van der Waals surface area contributed by atoms with Crippen LogP contribution in [0, 0.1) is 11.3 Å². The molecule has 2 fully saturated rings. The number of rotatable bonds is 7. The maximum Gasteiger partial charge on any atom is 0.260 e. The third kappa shape index (κ3) is 4.94. The molecular weight excluding hydrogens is 384 g/mol. The van der Waals surface area contributed by atoms with E-state index in [-0.39, 0.29) is 36.2 Å². The molecule has 8 nitrogen and oxygen atoms in total. The number of carbonyl (C=O) groups is 1. The van der Waals surface area contributed by atoms with Crippen molar-refractivity contribution in [2.45, 2.75) is 31.4 Å². The standard InChI is InChI=1S/C19H24N2O6S/c1-25-18-9-14(10-20)4-5-17(18)27-12-19(22)21(11-16-3-2-7-26-16)15-6-8-28(23,24)13-15/h4-5,9,15-16H,2-3,6-8,11-13H2,1H3/t15-,16-/m1/s1. The molecule has 2 atom stereocenters. The van der Waals surface area contributed by atoms with E-state index in [1.165, 1.54) is 13.2 Å². The number of ether oxygens (including phenoxy) is 3. The highest BCUT2D eigenvalue weighted by molar-refractivity contribution is 7.91. The van der Waals surface area contributed by atoms with Gasteiger partial charge in [-0.25, -0.2) is 8.42 Å². The van der Waals surface area contributed by atoms with Gasteiger partial charge in [0.25, 0.3) is 5.91 Å². The number of methoxy groups -OCH3 is 1. The Balaban J connectivity index is 1.69. The van der Waals surface area contributed by atoms with E-state index >= 15 is 0 Å².